The topological polar surface area (TPSA) is 15.3 Å². The molecule has 0 aromatic heterocycles. The molecule has 2 nitrogen and oxygen atoms in total. The molecule has 0 radical (unpaired) electrons. The Morgan fingerprint density at radius 3 is 2.47 bits per heavy atom. The van der Waals surface area contributed by atoms with E-state index in [2.05, 4.69) is 37.5 Å². The van der Waals surface area contributed by atoms with Crippen LogP contribution in [-0.2, 0) is 0 Å². The Kier molecular flexibility index (Phi) is 7.34. The summed E-state index contributed by atoms with van der Waals surface area (Å²) in [6, 6.07) is 0.656. The minimum absolute atomic E-state index is 0.656. The molecule has 1 heterocycles. The fourth-order valence-electron chi connectivity index (χ4n) is 2.58. The van der Waals surface area contributed by atoms with Gasteiger partial charge in [-0.15, -0.1) is 0 Å². The lowest BCUT2D eigenvalue weighted by Crippen LogP contribution is -2.34. The van der Waals surface area contributed by atoms with Gasteiger partial charge in [0.25, 0.3) is 0 Å². The van der Waals surface area contributed by atoms with Crippen LogP contribution in [0, 0.1) is 0 Å². The first-order valence-corrected chi connectivity index (χ1v) is 7.47. The highest BCUT2D eigenvalue weighted by atomic mass is 15.5. The van der Waals surface area contributed by atoms with Gasteiger partial charge in [-0.05, 0) is 24.8 Å². The van der Waals surface area contributed by atoms with Gasteiger partial charge in [0.2, 0.25) is 0 Å². The highest BCUT2D eigenvalue weighted by Crippen LogP contribution is 2.24. The molecule has 2 heteroatoms. The second-order valence-electron chi connectivity index (χ2n) is 5.28. The lowest BCUT2D eigenvalue weighted by Gasteiger charge is -2.22. The van der Waals surface area contributed by atoms with E-state index in [-0.39, 0.29) is 0 Å². The summed E-state index contributed by atoms with van der Waals surface area (Å²) in [5.41, 5.74) is 4.98. The van der Waals surface area contributed by atoms with Crippen LogP contribution in [0.5, 0.6) is 0 Å². The zero-order valence-corrected chi connectivity index (χ0v) is 12.0. The Labute approximate surface area is 107 Å². The number of unbranched alkanes of at least 4 members (excludes halogenated alkanes) is 5. The van der Waals surface area contributed by atoms with Crippen molar-refractivity contribution in [3.8, 4) is 0 Å². The van der Waals surface area contributed by atoms with E-state index in [1.165, 1.54) is 57.8 Å². The van der Waals surface area contributed by atoms with Crippen LogP contribution in [-0.4, -0.2) is 18.1 Å². The molecule has 1 rings (SSSR count). The van der Waals surface area contributed by atoms with E-state index < -0.39 is 0 Å². The minimum atomic E-state index is 0.656. The van der Waals surface area contributed by atoms with Crippen molar-refractivity contribution in [3.63, 3.8) is 0 Å². The van der Waals surface area contributed by atoms with Gasteiger partial charge in [0.15, 0.2) is 0 Å². The molecular formula is C15H30N2. The standard InChI is InChI=1S/C15H30N2/c1-4-6-8-10-12-15-14(11-9-7-5-2)13-16-17(15)3/h13,15-16H,4-12H2,1-3H3. The van der Waals surface area contributed by atoms with Gasteiger partial charge < -0.3 is 5.43 Å². The second-order valence-corrected chi connectivity index (χ2v) is 5.28. The predicted octanol–water partition coefficient (Wildman–Crippen LogP) is 4.24. The first kappa shape index (κ1) is 14.6. The van der Waals surface area contributed by atoms with Crippen LogP contribution < -0.4 is 5.43 Å². The Morgan fingerprint density at radius 2 is 1.76 bits per heavy atom. The average Bonchev–Trinajstić information content (AvgIpc) is 2.67. The number of rotatable bonds is 9. The van der Waals surface area contributed by atoms with Gasteiger partial charge in [0.1, 0.15) is 0 Å². The molecule has 1 N–H and O–H groups in total. The summed E-state index contributed by atoms with van der Waals surface area (Å²) in [6.45, 7) is 4.55. The molecule has 1 aliphatic heterocycles. The van der Waals surface area contributed by atoms with Crippen molar-refractivity contribution in [1.29, 1.82) is 0 Å². The van der Waals surface area contributed by atoms with Crippen molar-refractivity contribution in [2.45, 2.75) is 77.7 Å². The van der Waals surface area contributed by atoms with Crippen molar-refractivity contribution in [2.75, 3.05) is 7.05 Å². The number of hydrogen-bond donors (Lipinski definition) is 1. The van der Waals surface area contributed by atoms with Crippen LogP contribution in [0.15, 0.2) is 11.8 Å². The van der Waals surface area contributed by atoms with E-state index in [0.717, 1.165) is 0 Å². The largest absolute Gasteiger partial charge is 0.326 e. The van der Waals surface area contributed by atoms with Crippen LogP contribution >= 0.6 is 0 Å². The summed E-state index contributed by atoms with van der Waals surface area (Å²) in [4.78, 5) is 0. The molecule has 0 saturated carbocycles. The number of hydrogen-bond acceptors (Lipinski definition) is 2. The zero-order valence-electron chi connectivity index (χ0n) is 12.0. The Balaban J connectivity index is 2.25. The van der Waals surface area contributed by atoms with E-state index in [4.69, 9.17) is 0 Å². The highest BCUT2D eigenvalue weighted by Gasteiger charge is 2.22. The third kappa shape index (κ3) is 5.12. The molecule has 1 aliphatic rings. The van der Waals surface area contributed by atoms with E-state index in [9.17, 15) is 0 Å². The molecule has 0 amide bonds. The molecule has 0 saturated heterocycles. The van der Waals surface area contributed by atoms with Crippen LogP contribution in [0.2, 0.25) is 0 Å². The van der Waals surface area contributed by atoms with Gasteiger partial charge in [-0.25, -0.2) is 5.01 Å². The van der Waals surface area contributed by atoms with Crippen molar-refractivity contribution in [2.24, 2.45) is 0 Å². The van der Waals surface area contributed by atoms with E-state index in [1.807, 2.05) is 0 Å². The van der Waals surface area contributed by atoms with E-state index >= 15 is 0 Å². The average molecular weight is 238 g/mol. The molecular weight excluding hydrogens is 208 g/mol. The summed E-state index contributed by atoms with van der Waals surface area (Å²) in [5, 5.41) is 2.28. The van der Waals surface area contributed by atoms with Crippen LogP contribution in [0.4, 0.5) is 0 Å². The van der Waals surface area contributed by atoms with Crippen molar-refractivity contribution >= 4 is 0 Å². The van der Waals surface area contributed by atoms with Gasteiger partial charge >= 0.3 is 0 Å². The molecule has 0 fully saturated rings. The third-order valence-corrected chi connectivity index (χ3v) is 3.75. The Morgan fingerprint density at radius 1 is 1.06 bits per heavy atom. The summed E-state index contributed by atoms with van der Waals surface area (Å²) in [6.07, 6.45) is 14.4. The fourth-order valence-corrected chi connectivity index (χ4v) is 2.58. The van der Waals surface area contributed by atoms with Gasteiger partial charge in [0, 0.05) is 13.2 Å². The maximum atomic E-state index is 3.36. The zero-order chi connectivity index (χ0) is 12.5. The molecule has 0 bridgehead atoms. The maximum absolute atomic E-state index is 3.36. The molecule has 0 aliphatic carbocycles. The third-order valence-electron chi connectivity index (χ3n) is 3.75. The predicted molar refractivity (Wildman–Crippen MR) is 75.7 cm³/mol. The summed E-state index contributed by atoms with van der Waals surface area (Å²) in [7, 11) is 2.17. The van der Waals surface area contributed by atoms with Gasteiger partial charge in [0.05, 0.1) is 6.04 Å². The Hall–Kier alpha value is -0.500. The van der Waals surface area contributed by atoms with Gasteiger partial charge in [-0.2, -0.15) is 0 Å². The molecule has 100 valence electrons. The van der Waals surface area contributed by atoms with Crippen molar-refractivity contribution < 1.29 is 0 Å². The van der Waals surface area contributed by atoms with Crippen LogP contribution in [0.3, 0.4) is 0 Å². The Bertz CT molecular complexity index is 223. The monoisotopic (exact) mass is 238 g/mol. The van der Waals surface area contributed by atoms with Gasteiger partial charge in [-0.1, -0.05) is 52.4 Å². The quantitative estimate of drug-likeness (QED) is 0.604. The second kappa shape index (κ2) is 8.57. The summed E-state index contributed by atoms with van der Waals surface area (Å²) in [5.74, 6) is 0. The number of nitrogens with one attached hydrogen (secondary N) is 1. The molecule has 17 heavy (non-hydrogen) atoms. The van der Waals surface area contributed by atoms with Crippen molar-refractivity contribution in [3.05, 3.63) is 11.8 Å². The van der Waals surface area contributed by atoms with E-state index in [1.54, 1.807) is 5.57 Å². The normalized spacial score (nSPS) is 20.4. The molecule has 1 unspecified atom stereocenters. The molecule has 0 aromatic carbocycles. The summed E-state index contributed by atoms with van der Waals surface area (Å²) >= 11 is 0. The van der Waals surface area contributed by atoms with Gasteiger partial charge in [-0.3, -0.25) is 0 Å². The lowest BCUT2D eigenvalue weighted by molar-refractivity contribution is 0.231. The number of nitrogens with zero attached hydrogens (tertiary/aromatic N) is 1. The van der Waals surface area contributed by atoms with Crippen molar-refractivity contribution in [1.82, 2.24) is 10.4 Å². The maximum Gasteiger partial charge on any atom is 0.0514 e. The SMILES string of the molecule is CCCCCCC1C(CCCCC)=CNN1C. The van der Waals surface area contributed by atoms with Crippen LogP contribution in [0.25, 0.3) is 0 Å². The summed E-state index contributed by atoms with van der Waals surface area (Å²) < 4.78 is 0. The molecule has 0 aromatic rings. The van der Waals surface area contributed by atoms with Crippen LogP contribution in [0.1, 0.15) is 71.6 Å². The van der Waals surface area contributed by atoms with E-state index in [0.29, 0.717) is 6.04 Å². The minimum Gasteiger partial charge on any atom is -0.326 e. The lowest BCUT2D eigenvalue weighted by atomic mass is 9.97. The number of hydrazine groups is 1. The highest BCUT2D eigenvalue weighted by molar-refractivity contribution is 5.14. The molecule has 1 atom stereocenters. The number of likely N-dealkylation sites (N-methyl/N-ethyl adjacent to an activating group) is 1. The first-order chi connectivity index (χ1) is 8.29. The fraction of sp³-hybridized carbons (Fsp3) is 0.867. The molecule has 0 spiro atoms. The first-order valence-electron chi connectivity index (χ1n) is 7.47. The smallest absolute Gasteiger partial charge is 0.0514 e.